The molecule has 1 atom stereocenters. The fourth-order valence-electron chi connectivity index (χ4n) is 2.87. The Morgan fingerprint density at radius 3 is 2.54 bits per heavy atom. The molecule has 1 N–H and O–H groups in total. The Bertz CT molecular complexity index is 882. The van der Waals surface area contributed by atoms with Crippen LogP contribution in [0.25, 0.3) is 12.2 Å². The quantitative estimate of drug-likeness (QED) is 0.577. The zero-order valence-electron chi connectivity index (χ0n) is 16.2. The number of halogens is 3. The summed E-state index contributed by atoms with van der Waals surface area (Å²) < 4.78 is 38.3. The number of rotatable bonds is 6. The van der Waals surface area contributed by atoms with Crippen LogP contribution in [0, 0.1) is 6.92 Å². The van der Waals surface area contributed by atoms with Crippen molar-refractivity contribution in [2.24, 2.45) is 0 Å². The molecule has 2 nitrogen and oxygen atoms in total. The van der Waals surface area contributed by atoms with Crippen LogP contribution < -0.4 is 5.32 Å². The van der Waals surface area contributed by atoms with Crippen molar-refractivity contribution in [2.45, 2.75) is 39.4 Å². The molecule has 2 aromatic carbocycles. The first kappa shape index (κ1) is 21.5. The van der Waals surface area contributed by atoms with Crippen molar-refractivity contribution < 1.29 is 18.0 Å². The van der Waals surface area contributed by atoms with Gasteiger partial charge in [-0.2, -0.15) is 13.2 Å². The van der Waals surface area contributed by atoms with E-state index < -0.39 is 11.7 Å². The summed E-state index contributed by atoms with van der Waals surface area (Å²) in [6.45, 7) is 5.95. The van der Waals surface area contributed by atoms with Gasteiger partial charge in [0.15, 0.2) is 0 Å². The van der Waals surface area contributed by atoms with Gasteiger partial charge in [-0.1, -0.05) is 49.4 Å². The summed E-state index contributed by atoms with van der Waals surface area (Å²) in [4.78, 5) is 12.3. The molecular weight excluding hydrogens is 363 g/mol. The van der Waals surface area contributed by atoms with Crippen molar-refractivity contribution >= 4 is 18.1 Å². The van der Waals surface area contributed by atoms with Crippen LogP contribution in [0.2, 0.25) is 0 Å². The summed E-state index contributed by atoms with van der Waals surface area (Å²) >= 11 is 0. The van der Waals surface area contributed by atoms with E-state index in [1.165, 1.54) is 24.3 Å². The van der Waals surface area contributed by atoms with E-state index in [-0.39, 0.29) is 11.9 Å². The number of carbonyl (C=O) groups excluding carboxylic acids is 1. The van der Waals surface area contributed by atoms with Crippen LogP contribution in [0.5, 0.6) is 0 Å². The van der Waals surface area contributed by atoms with Gasteiger partial charge < -0.3 is 5.32 Å². The number of carbonyl (C=O) groups is 1. The van der Waals surface area contributed by atoms with Crippen LogP contribution in [0.3, 0.4) is 0 Å². The summed E-state index contributed by atoms with van der Waals surface area (Å²) in [6.07, 6.45) is 3.25. The Morgan fingerprint density at radius 2 is 1.86 bits per heavy atom. The fraction of sp³-hybridized carbons (Fsp3) is 0.261. The first-order valence-electron chi connectivity index (χ1n) is 9.14. The number of allylic oxidation sites excluding steroid dienone is 1. The molecule has 0 fully saturated rings. The molecule has 0 heterocycles. The predicted octanol–water partition coefficient (Wildman–Crippen LogP) is 6.33. The van der Waals surface area contributed by atoms with E-state index in [0.717, 1.165) is 35.2 Å². The number of alkyl halides is 3. The highest BCUT2D eigenvalue weighted by Crippen LogP contribution is 2.29. The van der Waals surface area contributed by atoms with Gasteiger partial charge in [0.2, 0.25) is 5.91 Å². The maximum atomic E-state index is 12.8. The molecule has 1 amide bonds. The minimum atomic E-state index is -4.41. The van der Waals surface area contributed by atoms with E-state index >= 15 is 0 Å². The lowest BCUT2D eigenvalue weighted by molar-refractivity contribution is -0.137. The second-order valence-electron chi connectivity index (χ2n) is 6.58. The molecule has 0 aliphatic heterocycles. The minimum absolute atomic E-state index is 0.241. The number of amides is 1. The molecule has 0 bridgehead atoms. The maximum Gasteiger partial charge on any atom is 0.416 e. The third-order valence-corrected chi connectivity index (χ3v) is 4.34. The third kappa shape index (κ3) is 5.84. The number of nitrogens with one attached hydrogen (secondary N) is 1. The van der Waals surface area contributed by atoms with Crippen LogP contribution in [-0.2, 0) is 11.0 Å². The van der Waals surface area contributed by atoms with E-state index in [0.29, 0.717) is 5.56 Å². The average molecular weight is 387 g/mol. The molecule has 0 radical (unpaired) electrons. The van der Waals surface area contributed by atoms with Gasteiger partial charge in [-0.25, -0.2) is 0 Å². The largest absolute Gasteiger partial charge is 0.416 e. The predicted molar refractivity (Wildman–Crippen MR) is 108 cm³/mol. The Labute approximate surface area is 163 Å². The number of hydrogen-bond donors (Lipinski definition) is 1. The van der Waals surface area contributed by atoms with E-state index in [1.807, 2.05) is 38.1 Å². The fourth-order valence-corrected chi connectivity index (χ4v) is 2.87. The van der Waals surface area contributed by atoms with Gasteiger partial charge in [0.05, 0.1) is 11.6 Å². The van der Waals surface area contributed by atoms with Crippen molar-refractivity contribution in [1.82, 2.24) is 5.32 Å². The Kier molecular flexibility index (Phi) is 7.21. The number of benzene rings is 2. The van der Waals surface area contributed by atoms with Gasteiger partial charge in [-0.15, -0.1) is 0 Å². The lowest BCUT2D eigenvalue weighted by atomic mass is 9.96. The Morgan fingerprint density at radius 1 is 1.14 bits per heavy atom. The molecule has 148 valence electrons. The van der Waals surface area contributed by atoms with Crippen LogP contribution in [0.1, 0.15) is 54.1 Å². The second kappa shape index (κ2) is 9.40. The molecule has 0 saturated carbocycles. The molecular formula is C23H24F3NO. The normalized spacial score (nSPS) is 13.2. The lowest BCUT2D eigenvalue weighted by Gasteiger charge is -2.17. The maximum absolute atomic E-state index is 12.8. The highest BCUT2D eigenvalue weighted by atomic mass is 19.4. The van der Waals surface area contributed by atoms with Crippen molar-refractivity contribution in [2.75, 3.05) is 0 Å². The third-order valence-electron chi connectivity index (χ3n) is 4.34. The molecule has 0 aromatic heterocycles. The van der Waals surface area contributed by atoms with Crippen molar-refractivity contribution in [3.63, 3.8) is 0 Å². The van der Waals surface area contributed by atoms with Gasteiger partial charge in [0, 0.05) is 6.08 Å². The average Bonchev–Trinajstić information content (AvgIpc) is 2.64. The molecule has 1 unspecified atom stereocenters. The first-order chi connectivity index (χ1) is 13.2. The first-order valence-corrected chi connectivity index (χ1v) is 9.14. The van der Waals surface area contributed by atoms with Gasteiger partial charge in [0.1, 0.15) is 0 Å². The highest BCUT2D eigenvalue weighted by molar-refractivity contribution is 5.92. The monoisotopic (exact) mass is 387 g/mol. The van der Waals surface area contributed by atoms with Crippen LogP contribution >= 0.6 is 0 Å². The lowest BCUT2D eigenvalue weighted by Crippen LogP contribution is -2.25. The zero-order chi connectivity index (χ0) is 20.7. The second-order valence-corrected chi connectivity index (χ2v) is 6.58. The standard InChI is InChI=1S/C23H24F3NO/c1-4-5-11-20-16(2)8-6-12-21(20)17(3)27-22(28)14-13-18-9-7-10-19(15-18)23(24,25)26/h5-15,17H,4H2,1-3H3,(H,27,28)/b11-5-,14-13+. The topological polar surface area (TPSA) is 29.1 Å². The molecule has 0 saturated heterocycles. The molecule has 5 heteroatoms. The molecule has 0 aliphatic carbocycles. The smallest absolute Gasteiger partial charge is 0.346 e. The number of hydrogen-bond acceptors (Lipinski definition) is 1. The van der Waals surface area contributed by atoms with E-state index in [9.17, 15) is 18.0 Å². The summed E-state index contributed by atoms with van der Waals surface area (Å²) in [6, 6.07) is 10.5. The van der Waals surface area contributed by atoms with E-state index in [4.69, 9.17) is 0 Å². The van der Waals surface area contributed by atoms with Crippen molar-refractivity contribution in [1.29, 1.82) is 0 Å². The SMILES string of the molecule is CC/C=C\c1c(C)cccc1C(C)NC(=O)/C=C/c1cccc(C(F)(F)F)c1. The Hall–Kier alpha value is -2.82. The van der Waals surface area contributed by atoms with Crippen molar-refractivity contribution in [3.05, 3.63) is 82.4 Å². The van der Waals surface area contributed by atoms with E-state index in [2.05, 4.69) is 18.3 Å². The van der Waals surface area contributed by atoms with Crippen LogP contribution in [0.4, 0.5) is 13.2 Å². The van der Waals surface area contributed by atoms with Crippen molar-refractivity contribution in [3.8, 4) is 0 Å². The molecule has 0 aliphatic rings. The summed E-state index contributed by atoms with van der Waals surface area (Å²) in [7, 11) is 0. The van der Waals surface area contributed by atoms with E-state index in [1.54, 1.807) is 0 Å². The van der Waals surface area contributed by atoms with Gasteiger partial charge >= 0.3 is 6.18 Å². The molecule has 2 rings (SSSR count). The number of aryl methyl sites for hydroxylation is 1. The molecule has 28 heavy (non-hydrogen) atoms. The van der Waals surface area contributed by atoms with Gasteiger partial charge in [0.25, 0.3) is 0 Å². The summed E-state index contributed by atoms with van der Waals surface area (Å²) in [5, 5.41) is 2.87. The van der Waals surface area contributed by atoms with Crippen LogP contribution in [-0.4, -0.2) is 5.91 Å². The van der Waals surface area contributed by atoms with Gasteiger partial charge in [-0.3, -0.25) is 4.79 Å². The summed E-state index contributed by atoms with van der Waals surface area (Å²) in [5.41, 5.74) is 2.75. The minimum Gasteiger partial charge on any atom is -0.346 e. The zero-order valence-corrected chi connectivity index (χ0v) is 16.2. The molecule has 0 spiro atoms. The highest BCUT2D eigenvalue weighted by Gasteiger charge is 2.30. The molecule has 2 aromatic rings. The Balaban J connectivity index is 2.13. The van der Waals surface area contributed by atoms with Gasteiger partial charge in [-0.05, 0) is 60.7 Å². The summed E-state index contributed by atoms with van der Waals surface area (Å²) in [5.74, 6) is -0.364. The van der Waals surface area contributed by atoms with Crippen LogP contribution in [0.15, 0.2) is 54.6 Å².